The predicted molar refractivity (Wildman–Crippen MR) is 138 cm³/mol. The number of carbonyl (C=O) groups is 1. The van der Waals surface area contributed by atoms with E-state index in [0.29, 0.717) is 19.3 Å². The summed E-state index contributed by atoms with van der Waals surface area (Å²) in [5.74, 6) is -0.0380. The Kier molecular flexibility index (Phi) is 6.01. The topological polar surface area (TPSA) is 109 Å². The maximum absolute atomic E-state index is 12.8. The Hall–Kier alpha value is -3.42. The molecule has 1 aliphatic heterocycles. The molecule has 2 aliphatic rings. The van der Waals surface area contributed by atoms with Crippen molar-refractivity contribution in [3.63, 3.8) is 0 Å². The number of H-pyrrole nitrogens is 1. The van der Waals surface area contributed by atoms with Gasteiger partial charge in [-0.3, -0.25) is 14.5 Å². The maximum atomic E-state index is 12.8. The van der Waals surface area contributed by atoms with E-state index in [9.17, 15) is 14.7 Å². The van der Waals surface area contributed by atoms with Crippen molar-refractivity contribution in [1.29, 1.82) is 0 Å². The monoisotopic (exact) mass is 487 g/mol. The first-order valence-corrected chi connectivity index (χ1v) is 12.4. The lowest BCUT2D eigenvalue weighted by Crippen LogP contribution is -2.70. The lowest BCUT2D eigenvalue weighted by atomic mass is 9.53. The molecular weight excluding hydrogens is 454 g/mol. The highest BCUT2D eigenvalue weighted by atomic mass is 16.5. The number of ether oxygens (including phenoxy) is 1. The molecule has 0 saturated carbocycles. The molecule has 7 nitrogen and oxygen atoms in total. The minimum atomic E-state index is -1.17. The number of aromatic amines is 1. The van der Waals surface area contributed by atoms with Gasteiger partial charge < -0.3 is 20.6 Å². The molecular formula is C29H33N3O4. The SMILES string of the molecule is COc1ccc(C)c(C23CCN(Cc4ccccc4)C(C)C2(O)Cc2cc(C(N)=O)c(=O)[nH]c2C3)c1. The molecule has 1 aromatic heterocycles. The number of primary amides is 1. The average molecular weight is 488 g/mol. The molecule has 1 saturated heterocycles. The summed E-state index contributed by atoms with van der Waals surface area (Å²) in [5, 5.41) is 12.8. The Morgan fingerprint density at radius 1 is 1.19 bits per heavy atom. The number of nitrogens with two attached hydrogens (primary N) is 1. The number of aryl methyl sites for hydroxylation is 1. The van der Waals surface area contributed by atoms with Gasteiger partial charge in [-0.25, -0.2) is 0 Å². The molecule has 36 heavy (non-hydrogen) atoms. The number of piperidine rings is 1. The summed E-state index contributed by atoms with van der Waals surface area (Å²) >= 11 is 0. The second kappa shape index (κ2) is 8.91. The van der Waals surface area contributed by atoms with E-state index >= 15 is 0 Å². The number of carbonyl (C=O) groups excluding carboxylic acids is 1. The normalized spacial score (nSPS) is 25.6. The molecule has 0 bridgehead atoms. The third-order valence-corrected chi connectivity index (χ3v) is 8.50. The molecule has 3 atom stereocenters. The fraction of sp³-hybridized carbons (Fsp3) is 0.379. The van der Waals surface area contributed by atoms with Crippen molar-refractivity contribution >= 4 is 5.91 Å². The van der Waals surface area contributed by atoms with E-state index < -0.39 is 22.5 Å². The van der Waals surface area contributed by atoms with Crippen molar-refractivity contribution in [2.24, 2.45) is 5.73 Å². The average Bonchev–Trinajstić information content (AvgIpc) is 2.86. The standard InChI is InChI=1S/C29H33N3O4/c1-18-9-10-22(36-3)14-24(18)28-11-12-32(17-20-7-5-4-6-8-20)19(2)29(28,35)15-21-13-23(26(30)33)27(34)31-25(21)16-28/h4-10,13-14,19,35H,11-12,15-17H2,1-3H3,(H2,30,33)(H,31,34). The maximum Gasteiger partial charge on any atom is 0.261 e. The molecule has 1 fully saturated rings. The number of amides is 1. The highest BCUT2D eigenvalue weighted by Crippen LogP contribution is 2.53. The number of aliphatic hydroxyl groups is 1. The van der Waals surface area contributed by atoms with Gasteiger partial charge in [-0.05, 0) is 67.3 Å². The van der Waals surface area contributed by atoms with Crippen LogP contribution in [0.1, 0.15) is 51.7 Å². The second-order valence-corrected chi connectivity index (χ2v) is 10.3. The summed E-state index contributed by atoms with van der Waals surface area (Å²) in [7, 11) is 1.64. The highest BCUT2D eigenvalue weighted by Gasteiger charge is 2.61. The van der Waals surface area contributed by atoms with Crippen LogP contribution in [0.5, 0.6) is 5.75 Å². The fourth-order valence-electron chi connectivity index (χ4n) is 6.45. The molecule has 2 heterocycles. The van der Waals surface area contributed by atoms with Crippen LogP contribution < -0.4 is 16.0 Å². The summed E-state index contributed by atoms with van der Waals surface area (Å²) in [6.07, 6.45) is 1.45. The molecule has 188 valence electrons. The number of hydrogen-bond donors (Lipinski definition) is 3. The van der Waals surface area contributed by atoms with Crippen LogP contribution in [0.4, 0.5) is 0 Å². The van der Waals surface area contributed by atoms with E-state index in [1.807, 2.05) is 36.4 Å². The number of benzene rings is 2. The van der Waals surface area contributed by atoms with Gasteiger partial charge in [-0.15, -0.1) is 0 Å². The number of likely N-dealkylation sites (tertiary alicyclic amines) is 1. The van der Waals surface area contributed by atoms with Gasteiger partial charge in [0.2, 0.25) is 0 Å². The van der Waals surface area contributed by atoms with Crippen LogP contribution in [0.2, 0.25) is 0 Å². The summed E-state index contributed by atoms with van der Waals surface area (Å²) in [6, 6.07) is 17.6. The second-order valence-electron chi connectivity index (χ2n) is 10.3. The number of methoxy groups -OCH3 is 1. The first-order valence-electron chi connectivity index (χ1n) is 12.4. The molecule has 1 amide bonds. The molecule has 1 aliphatic carbocycles. The lowest BCUT2D eigenvalue weighted by molar-refractivity contribution is -0.141. The number of nitrogens with one attached hydrogen (secondary N) is 1. The number of hydrogen-bond acceptors (Lipinski definition) is 5. The minimum absolute atomic E-state index is 0.0768. The number of fused-ring (bicyclic) bond motifs is 2. The Labute approximate surface area is 210 Å². The van der Waals surface area contributed by atoms with Crippen LogP contribution in [-0.4, -0.2) is 46.2 Å². The van der Waals surface area contributed by atoms with Gasteiger partial charge >= 0.3 is 0 Å². The first kappa shape index (κ1) is 24.3. The molecule has 5 rings (SSSR count). The van der Waals surface area contributed by atoms with Crippen LogP contribution in [0.25, 0.3) is 0 Å². The van der Waals surface area contributed by atoms with Crippen LogP contribution in [0.15, 0.2) is 59.4 Å². The summed E-state index contributed by atoms with van der Waals surface area (Å²) in [6.45, 7) is 5.65. The van der Waals surface area contributed by atoms with Crippen molar-refractivity contribution in [3.8, 4) is 5.75 Å². The van der Waals surface area contributed by atoms with E-state index in [0.717, 1.165) is 41.2 Å². The zero-order valence-electron chi connectivity index (χ0n) is 21.0. The fourth-order valence-corrected chi connectivity index (χ4v) is 6.45. The van der Waals surface area contributed by atoms with E-state index in [-0.39, 0.29) is 11.6 Å². The van der Waals surface area contributed by atoms with E-state index in [1.165, 1.54) is 5.56 Å². The number of pyridine rings is 1. The zero-order chi connectivity index (χ0) is 25.7. The van der Waals surface area contributed by atoms with Gasteiger partial charge in [0.05, 0.1) is 12.7 Å². The Morgan fingerprint density at radius 3 is 2.64 bits per heavy atom. The lowest BCUT2D eigenvalue weighted by Gasteiger charge is -2.60. The van der Waals surface area contributed by atoms with Crippen molar-refractivity contribution < 1.29 is 14.6 Å². The molecule has 4 N–H and O–H groups in total. The van der Waals surface area contributed by atoms with Gasteiger partial charge in [-0.1, -0.05) is 36.4 Å². The summed E-state index contributed by atoms with van der Waals surface area (Å²) < 4.78 is 5.57. The highest BCUT2D eigenvalue weighted by molar-refractivity contribution is 5.92. The molecule has 3 aromatic rings. The van der Waals surface area contributed by atoms with Gasteiger partial charge in [-0.2, -0.15) is 0 Å². The van der Waals surface area contributed by atoms with E-state index in [1.54, 1.807) is 13.2 Å². The van der Waals surface area contributed by atoms with Crippen molar-refractivity contribution in [2.45, 2.75) is 56.7 Å². The molecule has 3 unspecified atom stereocenters. The van der Waals surface area contributed by atoms with E-state index in [4.69, 9.17) is 10.5 Å². The quantitative estimate of drug-likeness (QED) is 0.513. The molecule has 7 heteroatoms. The molecule has 2 aromatic carbocycles. The zero-order valence-corrected chi connectivity index (χ0v) is 21.0. The number of nitrogens with zero attached hydrogens (tertiary/aromatic N) is 1. The first-order chi connectivity index (χ1) is 17.2. The summed E-state index contributed by atoms with van der Waals surface area (Å²) in [5.41, 5.74) is 7.88. The van der Waals surface area contributed by atoms with Crippen LogP contribution in [0.3, 0.4) is 0 Å². The van der Waals surface area contributed by atoms with E-state index in [2.05, 4.69) is 35.9 Å². The smallest absolute Gasteiger partial charge is 0.261 e. The van der Waals surface area contributed by atoms with Crippen molar-refractivity contribution in [1.82, 2.24) is 9.88 Å². The van der Waals surface area contributed by atoms with Crippen LogP contribution >= 0.6 is 0 Å². The predicted octanol–water partition coefficient (Wildman–Crippen LogP) is 2.85. The molecule has 0 spiro atoms. The Bertz CT molecular complexity index is 1370. The molecule has 0 radical (unpaired) electrons. The number of rotatable bonds is 5. The minimum Gasteiger partial charge on any atom is -0.497 e. The van der Waals surface area contributed by atoms with Crippen molar-refractivity contribution in [2.75, 3.05) is 13.7 Å². The van der Waals surface area contributed by atoms with Gasteiger partial charge in [0, 0.05) is 36.5 Å². The van der Waals surface area contributed by atoms with Gasteiger partial charge in [0.15, 0.2) is 0 Å². The van der Waals surface area contributed by atoms with Crippen LogP contribution in [0, 0.1) is 6.92 Å². The Balaban J connectivity index is 1.67. The summed E-state index contributed by atoms with van der Waals surface area (Å²) in [4.78, 5) is 29.8. The van der Waals surface area contributed by atoms with Gasteiger partial charge in [0.1, 0.15) is 11.3 Å². The Morgan fingerprint density at radius 2 is 1.94 bits per heavy atom. The van der Waals surface area contributed by atoms with Crippen LogP contribution in [-0.2, 0) is 24.8 Å². The third kappa shape index (κ3) is 3.74. The van der Waals surface area contributed by atoms with Crippen molar-refractivity contribution in [3.05, 3.63) is 98.5 Å². The van der Waals surface area contributed by atoms with Gasteiger partial charge in [0.25, 0.3) is 11.5 Å². The number of aromatic nitrogens is 1. The largest absolute Gasteiger partial charge is 0.497 e. The third-order valence-electron chi connectivity index (χ3n) is 8.50.